The smallest absolute Gasteiger partial charge is 0.328 e. The number of hydrogen-bond acceptors (Lipinski definition) is 7. The molecule has 0 aliphatic rings. The fraction of sp³-hybridized carbons (Fsp3) is 0.261. The van der Waals surface area contributed by atoms with Crippen molar-refractivity contribution in [2.75, 3.05) is 17.7 Å². The number of nitriles is 1. The highest BCUT2D eigenvalue weighted by Gasteiger charge is 2.24. The van der Waals surface area contributed by atoms with Crippen molar-refractivity contribution >= 4 is 34.4 Å². The summed E-state index contributed by atoms with van der Waals surface area (Å²) in [7, 11) is 1.34. The number of esters is 1. The predicted molar refractivity (Wildman–Crippen MR) is 121 cm³/mol. The van der Waals surface area contributed by atoms with Gasteiger partial charge in [0.15, 0.2) is 5.82 Å². The van der Waals surface area contributed by atoms with Crippen molar-refractivity contribution < 1.29 is 14.3 Å². The number of para-hydroxylation sites is 1. The Labute approximate surface area is 185 Å². The van der Waals surface area contributed by atoms with Crippen LogP contribution in [0.1, 0.15) is 25.2 Å². The lowest BCUT2D eigenvalue weighted by Crippen LogP contribution is -2.36. The number of rotatable bonds is 7. The van der Waals surface area contributed by atoms with Crippen LogP contribution in [0.25, 0.3) is 10.9 Å². The van der Waals surface area contributed by atoms with Crippen molar-refractivity contribution in [3.63, 3.8) is 0 Å². The summed E-state index contributed by atoms with van der Waals surface area (Å²) in [6.45, 7) is 3.88. The Hall–Kier alpha value is -4.19. The van der Waals surface area contributed by atoms with E-state index in [0.717, 1.165) is 5.39 Å². The van der Waals surface area contributed by atoms with Gasteiger partial charge in [0, 0.05) is 11.1 Å². The molecule has 9 heteroatoms. The Kier molecular flexibility index (Phi) is 7.18. The molecule has 0 spiro atoms. The van der Waals surface area contributed by atoms with Gasteiger partial charge in [-0.1, -0.05) is 32.0 Å². The summed E-state index contributed by atoms with van der Waals surface area (Å²) in [5, 5.41) is 18.3. The molecule has 0 aliphatic carbocycles. The van der Waals surface area contributed by atoms with Gasteiger partial charge >= 0.3 is 12.0 Å². The number of hydrogen-bond donors (Lipinski definition) is 3. The molecule has 164 valence electrons. The van der Waals surface area contributed by atoms with E-state index in [1.54, 1.807) is 24.3 Å². The standard InChI is InChI=1S/C23H24N6O3/c1-14(2)20(22(30)32-3)29-21-17-9-4-5-10-18(17)27-19(28-21)13-25-23(31)26-16-8-6-7-15(11-16)12-24/h4-11,14,20H,13H2,1-3H3,(H2,25,26,31)(H,27,28,29)/t20-/m0/s1. The first-order chi connectivity index (χ1) is 15.4. The van der Waals surface area contributed by atoms with Crippen LogP contribution >= 0.6 is 0 Å². The van der Waals surface area contributed by atoms with Gasteiger partial charge in [0.2, 0.25) is 0 Å². The molecule has 0 aliphatic heterocycles. The van der Waals surface area contributed by atoms with E-state index < -0.39 is 12.1 Å². The SMILES string of the molecule is COC(=O)[C@@H](Nc1nc(CNC(=O)Nc2cccc(C#N)c2)nc2ccccc12)C(C)C. The molecule has 3 N–H and O–H groups in total. The molecule has 1 heterocycles. The zero-order valence-electron chi connectivity index (χ0n) is 18.0. The number of nitrogens with one attached hydrogen (secondary N) is 3. The van der Waals surface area contributed by atoms with Crippen LogP contribution in [0, 0.1) is 17.2 Å². The Morgan fingerprint density at radius 3 is 2.62 bits per heavy atom. The molecule has 3 aromatic rings. The molecule has 3 rings (SSSR count). The summed E-state index contributed by atoms with van der Waals surface area (Å²) in [5.41, 5.74) is 1.62. The molecule has 0 radical (unpaired) electrons. The van der Waals surface area contributed by atoms with Crippen molar-refractivity contribution in [1.29, 1.82) is 5.26 Å². The monoisotopic (exact) mass is 432 g/mol. The fourth-order valence-corrected chi connectivity index (χ4v) is 3.09. The van der Waals surface area contributed by atoms with E-state index in [1.165, 1.54) is 7.11 Å². The van der Waals surface area contributed by atoms with E-state index in [2.05, 4.69) is 25.9 Å². The average Bonchev–Trinajstić information content (AvgIpc) is 2.80. The molecule has 1 aromatic heterocycles. The van der Waals surface area contributed by atoms with Crippen LogP contribution in [0.4, 0.5) is 16.3 Å². The fourth-order valence-electron chi connectivity index (χ4n) is 3.09. The molecule has 2 aromatic carbocycles. The third-order valence-corrected chi connectivity index (χ3v) is 4.72. The number of urea groups is 1. The van der Waals surface area contributed by atoms with E-state index in [-0.39, 0.29) is 18.4 Å². The summed E-state index contributed by atoms with van der Waals surface area (Å²) in [4.78, 5) is 33.5. The van der Waals surface area contributed by atoms with Crippen LogP contribution in [0.3, 0.4) is 0 Å². The summed E-state index contributed by atoms with van der Waals surface area (Å²) in [5.74, 6) is 0.437. The largest absolute Gasteiger partial charge is 0.467 e. The maximum atomic E-state index is 12.3. The number of fused-ring (bicyclic) bond motifs is 1. The lowest BCUT2D eigenvalue weighted by Gasteiger charge is -2.21. The highest BCUT2D eigenvalue weighted by molar-refractivity contribution is 5.91. The van der Waals surface area contributed by atoms with E-state index in [1.807, 2.05) is 44.2 Å². The molecular weight excluding hydrogens is 408 g/mol. The first-order valence-corrected chi connectivity index (χ1v) is 10.1. The van der Waals surface area contributed by atoms with Crippen LogP contribution in [-0.4, -0.2) is 35.1 Å². The molecule has 2 amide bonds. The predicted octanol–water partition coefficient (Wildman–Crippen LogP) is 3.43. The maximum absolute atomic E-state index is 12.3. The first kappa shape index (κ1) is 22.5. The van der Waals surface area contributed by atoms with Gasteiger partial charge in [-0.25, -0.2) is 19.6 Å². The molecule has 32 heavy (non-hydrogen) atoms. The maximum Gasteiger partial charge on any atom is 0.328 e. The van der Waals surface area contributed by atoms with Crippen molar-refractivity contribution in [3.8, 4) is 6.07 Å². The Balaban J connectivity index is 1.79. The van der Waals surface area contributed by atoms with Crippen molar-refractivity contribution in [1.82, 2.24) is 15.3 Å². The van der Waals surface area contributed by atoms with Gasteiger partial charge in [0.1, 0.15) is 11.9 Å². The number of amides is 2. The van der Waals surface area contributed by atoms with Crippen molar-refractivity contribution in [3.05, 3.63) is 59.9 Å². The minimum absolute atomic E-state index is 0.0345. The normalized spacial score (nSPS) is 11.5. The topological polar surface area (TPSA) is 129 Å². The summed E-state index contributed by atoms with van der Waals surface area (Å²) in [6, 6.07) is 15.0. The summed E-state index contributed by atoms with van der Waals surface area (Å²) in [6.07, 6.45) is 0. The third-order valence-electron chi connectivity index (χ3n) is 4.72. The molecule has 1 atom stereocenters. The van der Waals surface area contributed by atoms with Crippen molar-refractivity contribution in [2.24, 2.45) is 5.92 Å². The second kappa shape index (κ2) is 10.2. The molecule has 9 nitrogen and oxygen atoms in total. The Morgan fingerprint density at radius 2 is 1.91 bits per heavy atom. The van der Waals surface area contributed by atoms with Gasteiger partial charge in [-0.05, 0) is 36.2 Å². The van der Waals surface area contributed by atoms with Gasteiger partial charge < -0.3 is 20.7 Å². The second-order valence-electron chi connectivity index (χ2n) is 7.40. The molecule has 0 fully saturated rings. The minimum Gasteiger partial charge on any atom is -0.467 e. The first-order valence-electron chi connectivity index (χ1n) is 10.1. The van der Waals surface area contributed by atoms with Gasteiger partial charge in [-0.15, -0.1) is 0 Å². The molecule has 0 bridgehead atoms. The summed E-state index contributed by atoms with van der Waals surface area (Å²) < 4.78 is 4.91. The van der Waals surface area contributed by atoms with E-state index >= 15 is 0 Å². The quantitative estimate of drug-likeness (QED) is 0.488. The Morgan fingerprint density at radius 1 is 1.12 bits per heavy atom. The number of methoxy groups -OCH3 is 1. The number of nitrogens with zero attached hydrogens (tertiary/aromatic N) is 3. The number of anilines is 2. The van der Waals surface area contributed by atoms with Crippen LogP contribution < -0.4 is 16.0 Å². The van der Waals surface area contributed by atoms with Crippen LogP contribution in [-0.2, 0) is 16.1 Å². The van der Waals surface area contributed by atoms with E-state index in [4.69, 9.17) is 10.00 Å². The van der Waals surface area contributed by atoms with Gasteiger partial charge in [0.25, 0.3) is 0 Å². The lowest BCUT2D eigenvalue weighted by molar-refractivity contribution is -0.142. The van der Waals surface area contributed by atoms with Gasteiger partial charge in [-0.3, -0.25) is 0 Å². The zero-order valence-corrected chi connectivity index (χ0v) is 18.0. The second-order valence-corrected chi connectivity index (χ2v) is 7.40. The third kappa shape index (κ3) is 5.49. The molecule has 0 unspecified atom stereocenters. The van der Waals surface area contributed by atoms with Crippen LogP contribution in [0.5, 0.6) is 0 Å². The molecular formula is C23H24N6O3. The van der Waals surface area contributed by atoms with E-state index in [0.29, 0.717) is 28.4 Å². The number of benzene rings is 2. The molecule has 0 saturated heterocycles. The number of carbonyl (C=O) groups excluding carboxylic acids is 2. The zero-order chi connectivity index (χ0) is 23.1. The number of carbonyl (C=O) groups is 2. The van der Waals surface area contributed by atoms with Crippen molar-refractivity contribution in [2.45, 2.75) is 26.4 Å². The minimum atomic E-state index is -0.588. The molecule has 0 saturated carbocycles. The number of ether oxygens (including phenoxy) is 1. The average molecular weight is 432 g/mol. The van der Waals surface area contributed by atoms with E-state index in [9.17, 15) is 9.59 Å². The van der Waals surface area contributed by atoms with Crippen LogP contribution in [0.15, 0.2) is 48.5 Å². The highest BCUT2D eigenvalue weighted by atomic mass is 16.5. The Bertz CT molecular complexity index is 1170. The van der Waals surface area contributed by atoms with Crippen LogP contribution in [0.2, 0.25) is 0 Å². The van der Waals surface area contributed by atoms with Gasteiger partial charge in [0.05, 0.1) is 30.8 Å². The van der Waals surface area contributed by atoms with Gasteiger partial charge in [-0.2, -0.15) is 5.26 Å². The highest BCUT2D eigenvalue weighted by Crippen LogP contribution is 2.22. The number of aromatic nitrogens is 2. The lowest BCUT2D eigenvalue weighted by atomic mass is 10.0. The summed E-state index contributed by atoms with van der Waals surface area (Å²) >= 11 is 0.